The number of nitro benzene ring substituents is 1. The smallest absolute Gasteiger partial charge is 0.270 e. The van der Waals surface area contributed by atoms with Crippen molar-refractivity contribution < 1.29 is 9.72 Å². The van der Waals surface area contributed by atoms with Crippen molar-refractivity contribution in [2.75, 3.05) is 0 Å². The second kappa shape index (κ2) is 8.43. The number of amides is 1. The van der Waals surface area contributed by atoms with Gasteiger partial charge < -0.3 is 4.57 Å². The van der Waals surface area contributed by atoms with Crippen LogP contribution in [0.15, 0.2) is 53.5 Å². The van der Waals surface area contributed by atoms with Gasteiger partial charge in [-0.3, -0.25) is 14.9 Å². The molecule has 0 aliphatic rings. The predicted molar refractivity (Wildman–Crippen MR) is 105 cm³/mol. The average Bonchev–Trinajstić information content (AvgIpc) is 2.99. The number of fused-ring (bicyclic) bond motifs is 1. The molecular formula is C20H17N3O3S. The van der Waals surface area contributed by atoms with Crippen LogP contribution in [0.5, 0.6) is 0 Å². The molecule has 0 N–H and O–H groups in total. The molecule has 0 bridgehead atoms. The molecule has 3 aromatic rings. The van der Waals surface area contributed by atoms with Gasteiger partial charge in [0.2, 0.25) is 5.91 Å². The zero-order valence-electron chi connectivity index (χ0n) is 14.5. The van der Waals surface area contributed by atoms with E-state index < -0.39 is 4.92 Å². The largest absolute Gasteiger partial charge is 0.305 e. The molecule has 0 atom stereocenters. The number of rotatable bonds is 6. The van der Waals surface area contributed by atoms with Crippen molar-refractivity contribution in [3.05, 3.63) is 69.0 Å². The van der Waals surface area contributed by atoms with Crippen LogP contribution in [0.25, 0.3) is 10.2 Å². The first-order chi connectivity index (χ1) is 13.1. The normalized spacial score (nSPS) is 11.4. The van der Waals surface area contributed by atoms with Crippen LogP contribution in [0.2, 0.25) is 0 Å². The fourth-order valence-corrected chi connectivity index (χ4v) is 3.84. The highest BCUT2D eigenvalue weighted by Gasteiger charge is 2.12. The molecule has 0 aliphatic carbocycles. The Morgan fingerprint density at radius 1 is 1.26 bits per heavy atom. The predicted octanol–water partition coefficient (Wildman–Crippen LogP) is 3.69. The Balaban J connectivity index is 1.83. The first-order valence-corrected chi connectivity index (χ1v) is 9.23. The summed E-state index contributed by atoms with van der Waals surface area (Å²) in [6, 6.07) is 14.5. The molecule has 136 valence electrons. The van der Waals surface area contributed by atoms with Gasteiger partial charge in [0.1, 0.15) is 0 Å². The van der Waals surface area contributed by atoms with Gasteiger partial charge in [-0.15, -0.1) is 6.42 Å². The molecular weight excluding hydrogens is 362 g/mol. The number of non-ortho nitro benzene ring substituents is 1. The van der Waals surface area contributed by atoms with Crippen molar-refractivity contribution in [1.29, 1.82) is 0 Å². The van der Waals surface area contributed by atoms with E-state index in [1.165, 1.54) is 29.0 Å². The van der Waals surface area contributed by atoms with Crippen LogP contribution in [0.3, 0.4) is 0 Å². The summed E-state index contributed by atoms with van der Waals surface area (Å²) in [7, 11) is 0. The molecule has 6 nitrogen and oxygen atoms in total. The van der Waals surface area contributed by atoms with E-state index in [1.54, 1.807) is 10.6 Å². The molecule has 1 amide bonds. The van der Waals surface area contributed by atoms with E-state index in [1.807, 2.05) is 30.3 Å². The third kappa shape index (κ3) is 4.49. The van der Waals surface area contributed by atoms with Gasteiger partial charge in [0, 0.05) is 18.6 Å². The van der Waals surface area contributed by atoms with E-state index in [0.717, 1.165) is 11.9 Å². The highest BCUT2D eigenvalue weighted by Crippen LogP contribution is 2.23. The van der Waals surface area contributed by atoms with Crippen LogP contribution >= 0.6 is 11.3 Å². The van der Waals surface area contributed by atoms with Gasteiger partial charge in [-0.05, 0) is 24.5 Å². The van der Waals surface area contributed by atoms with Gasteiger partial charge in [0.15, 0.2) is 4.80 Å². The van der Waals surface area contributed by atoms with Gasteiger partial charge in [-0.25, -0.2) is 0 Å². The highest BCUT2D eigenvalue weighted by molar-refractivity contribution is 7.16. The minimum atomic E-state index is -0.448. The molecule has 7 heteroatoms. The molecule has 27 heavy (non-hydrogen) atoms. The molecule has 0 saturated carbocycles. The lowest BCUT2D eigenvalue weighted by Crippen LogP contribution is -2.16. The highest BCUT2D eigenvalue weighted by atomic mass is 32.1. The number of benzene rings is 2. The van der Waals surface area contributed by atoms with Crippen molar-refractivity contribution >= 4 is 33.1 Å². The summed E-state index contributed by atoms with van der Waals surface area (Å²) in [6.45, 7) is 0.244. The number of nitrogens with zero attached hydrogens (tertiary/aromatic N) is 3. The minimum absolute atomic E-state index is 0.00246. The van der Waals surface area contributed by atoms with Crippen LogP contribution in [-0.2, 0) is 17.8 Å². The molecule has 0 radical (unpaired) electrons. The van der Waals surface area contributed by atoms with Crippen molar-refractivity contribution in [2.24, 2.45) is 4.99 Å². The number of thiazole rings is 1. The Labute approximate surface area is 160 Å². The topological polar surface area (TPSA) is 77.5 Å². The van der Waals surface area contributed by atoms with Crippen molar-refractivity contribution in [3.8, 4) is 12.3 Å². The zero-order valence-corrected chi connectivity index (χ0v) is 15.3. The summed E-state index contributed by atoms with van der Waals surface area (Å²) in [5.41, 5.74) is 1.92. The second-order valence-electron chi connectivity index (χ2n) is 5.93. The van der Waals surface area contributed by atoms with E-state index in [2.05, 4.69) is 10.9 Å². The third-order valence-electron chi connectivity index (χ3n) is 4.05. The zero-order chi connectivity index (χ0) is 19.2. The lowest BCUT2D eigenvalue weighted by atomic mass is 10.1. The van der Waals surface area contributed by atoms with E-state index in [9.17, 15) is 14.9 Å². The first kappa shape index (κ1) is 18.5. The van der Waals surface area contributed by atoms with E-state index >= 15 is 0 Å². The standard InChI is InChI=1S/C20H17N3O3S/c1-2-13-22-17-12-11-16(23(25)26)14-18(17)27-20(22)21-19(24)10-6-9-15-7-4-3-5-8-15/h1,3-5,7-8,11-12,14H,6,9-10,13H2. The number of aryl methyl sites for hydroxylation is 1. The first-order valence-electron chi connectivity index (χ1n) is 8.41. The van der Waals surface area contributed by atoms with Crippen LogP contribution in [0, 0.1) is 22.5 Å². The molecule has 1 aromatic heterocycles. The SMILES string of the molecule is C#CCn1c(=NC(=O)CCCc2ccccc2)sc2cc([N+](=O)[O-])ccc21. The molecule has 0 unspecified atom stereocenters. The Hall–Kier alpha value is -3.24. The maximum Gasteiger partial charge on any atom is 0.270 e. The van der Waals surface area contributed by atoms with Crippen LogP contribution in [0.4, 0.5) is 5.69 Å². The second-order valence-corrected chi connectivity index (χ2v) is 6.94. The van der Waals surface area contributed by atoms with Gasteiger partial charge >= 0.3 is 0 Å². The van der Waals surface area contributed by atoms with Crippen molar-refractivity contribution in [3.63, 3.8) is 0 Å². The summed E-state index contributed by atoms with van der Waals surface area (Å²) in [5.74, 6) is 2.32. The number of aromatic nitrogens is 1. The molecule has 0 saturated heterocycles. The van der Waals surface area contributed by atoms with Crippen LogP contribution in [-0.4, -0.2) is 15.4 Å². The summed E-state index contributed by atoms with van der Waals surface area (Å²) in [5, 5.41) is 11.0. The van der Waals surface area contributed by atoms with E-state index in [0.29, 0.717) is 22.3 Å². The van der Waals surface area contributed by atoms with Gasteiger partial charge in [-0.2, -0.15) is 4.99 Å². The number of carbonyl (C=O) groups is 1. The Kier molecular flexibility index (Phi) is 5.79. The quantitative estimate of drug-likeness (QED) is 0.372. The maximum atomic E-state index is 12.3. The van der Waals surface area contributed by atoms with E-state index in [4.69, 9.17) is 6.42 Å². The Bertz CT molecular complexity index is 1090. The summed E-state index contributed by atoms with van der Waals surface area (Å²) in [6.07, 6.45) is 7.28. The molecule has 3 rings (SSSR count). The van der Waals surface area contributed by atoms with Gasteiger partial charge in [0.05, 0.1) is 21.7 Å². The third-order valence-corrected chi connectivity index (χ3v) is 5.09. The van der Waals surface area contributed by atoms with Crippen LogP contribution in [0.1, 0.15) is 18.4 Å². The molecule has 0 spiro atoms. The fraction of sp³-hybridized carbons (Fsp3) is 0.200. The van der Waals surface area contributed by atoms with Crippen molar-refractivity contribution in [1.82, 2.24) is 4.57 Å². The number of hydrogen-bond acceptors (Lipinski definition) is 4. The average molecular weight is 379 g/mol. The number of nitro groups is 1. The summed E-state index contributed by atoms with van der Waals surface area (Å²) < 4.78 is 2.41. The number of terminal acetylenes is 1. The fourth-order valence-electron chi connectivity index (χ4n) is 2.76. The molecule has 1 heterocycles. The molecule has 0 fully saturated rings. The van der Waals surface area contributed by atoms with Crippen LogP contribution < -0.4 is 4.80 Å². The lowest BCUT2D eigenvalue weighted by molar-refractivity contribution is -0.384. The Morgan fingerprint density at radius 3 is 2.74 bits per heavy atom. The maximum absolute atomic E-state index is 12.3. The van der Waals surface area contributed by atoms with Gasteiger partial charge in [-0.1, -0.05) is 47.6 Å². The van der Waals surface area contributed by atoms with E-state index in [-0.39, 0.29) is 18.1 Å². The number of hydrogen-bond donors (Lipinski definition) is 0. The number of carbonyl (C=O) groups excluding carboxylic acids is 1. The summed E-state index contributed by atoms with van der Waals surface area (Å²) in [4.78, 5) is 27.5. The monoisotopic (exact) mass is 379 g/mol. The Morgan fingerprint density at radius 2 is 2.04 bits per heavy atom. The molecule has 2 aromatic carbocycles. The minimum Gasteiger partial charge on any atom is -0.305 e. The van der Waals surface area contributed by atoms with Crippen molar-refractivity contribution in [2.45, 2.75) is 25.8 Å². The van der Waals surface area contributed by atoms with Gasteiger partial charge in [0.25, 0.3) is 5.69 Å². The summed E-state index contributed by atoms with van der Waals surface area (Å²) >= 11 is 1.23. The lowest BCUT2D eigenvalue weighted by Gasteiger charge is -2.00. The molecule has 0 aliphatic heterocycles.